The highest BCUT2D eigenvalue weighted by atomic mass is 19.3. The van der Waals surface area contributed by atoms with Crippen LogP contribution in [0.4, 0.5) is 8.78 Å². The minimum Gasteiger partial charge on any atom is -0.493 e. The molecular formula is C18H18F2O6. The Morgan fingerprint density at radius 3 is 2.19 bits per heavy atom. The molecule has 0 heterocycles. The molecule has 0 atom stereocenters. The van der Waals surface area contributed by atoms with Gasteiger partial charge in [-0.3, -0.25) is 0 Å². The van der Waals surface area contributed by atoms with E-state index in [1.54, 1.807) is 18.2 Å². The van der Waals surface area contributed by atoms with Crippen LogP contribution in [0.5, 0.6) is 23.0 Å². The molecule has 2 aromatic rings. The molecule has 0 spiro atoms. The van der Waals surface area contributed by atoms with Gasteiger partial charge in [0.25, 0.3) is 0 Å². The average molecular weight is 368 g/mol. The molecule has 8 heteroatoms. The molecule has 0 saturated heterocycles. The zero-order valence-electron chi connectivity index (χ0n) is 14.5. The summed E-state index contributed by atoms with van der Waals surface area (Å²) in [4.78, 5) is 11.6. The van der Waals surface area contributed by atoms with Crippen molar-refractivity contribution in [2.75, 3.05) is 21.3 Å². The van der Waals surface area contributed by atoms with E-state index in [1.807, 2.05) is 0 Å². The van der Waals surface area contributed by atoms with Crippen molar-refractivity contribution in [3.63, 3.8) is 0 Å². The molecule has 0 bridgehead atoms. The monoisotopic (exact) mass is 368 g/mol. The maximum absolute atomic E-state index is 12.4. The van der Waals surface area contributed by atoms with E-state index in [-0.39, 0.29) is 18.1 Å². The topological polar surface area (TPSA) is 63.2 Å². The second-order valence-electron chi connectivity index (χ2n) is 5.01. The third kappa shape index (κ3) is 4.75. The number of benzene rings is 2. The van der Waals surface area contributed by atoms with Crippen molar-refractivity contribution in [1.82, 2.24) is 0 Å². The van der Waals surface area contributed by atoms with Crippen LogP contribution in [0.1, 0.15) is 15.9 Å². The van der Waals surface area contributed by atoms with Gasteiger partial charge < -0.3 is 23.7 Å². The maximum Gasteiger partial charge on any atom is 0.387 e. The molecule has 0 aliphatic heterocycles. The summed E-state index contributed by atoms with van der Waals surface area (Å²) in [5.41, 5.74) is 0.995. The molecule has 6 nitrogen and oxygen atoms in total. The number of alkyl halides is 2. The number of hydrogen-bond acceptors (Lipinski definition) is 6. The van der Waals surface area contributed by atoms with Crippen molar-refractivity contribution in [2.45, 2.75) is 13.2 Å². The highest BCUT2D eigenvalue weighted by molar-refractivity contribution is 5.90. The first-order valence-corrected chi connectivity index (χ1v) is 7.49. The summed E-state index contributed by atoms with van der Waals surface area (Å²) in [5, 5.41) is 0. The van der Waals surface area contributed by atoms with Crippen molar-refractivity contribution >= 4 is 5.97 Å². The number of ether oxygens (including phenoxy) is 5. The molecule has 0 fully saturated rings. The molecular weight excluding hydrogens is 350 g/mol. The van der Waals surface area contributed by atoms with E-state index in [2.05, 4.69) is 9.47 Å². The number of methoxy groups -OCH3 is 3. The molecule has 26 heavy (non-hydrogen) atoms. The average Bonchev–Trinajstić information content (AvgIpc) is 2.65. The SMILES string of the molecule is COC(=O)c1ccc(OCc2ccc(OC(F)F)c(OC)c2)c(OC)c1. The number of carbonyl (C=O) groups is 1. The smallest absolute Gasteiger partial charge is 0.387 e. The third-order valence-corrected chi connectivity index (χ3v) is 3.42. The fraction of sp³-hybridized carbons (Fsp3) is 0.278. The minimum atomic E-state index is -2.94. The van der Waals surface area contributed by atoms with Crippen LogP contribution in [-0.2, 0) is 11.3 Å². The van der Waals surface area contributed by atoms with Gasteiger partial charge in [0.15, 0.2) is 23.0 Å². The van der Waals surface area contributed by atoms with E-state index in [0.717, 1.165) is 0 Å². The normalized spacial score (nSPS) is 10.4. The van der Waals surface area contributed by atoms with Crippen LogP contribution in [0.2, 0.25) is 0 Å². The zero-order chi connectivity index (χ0) is 19.1. The molecule has 0 unspecified atom stereocenters. The largest absolute Gasteiger partial charge is 0.493 e. The van der Waals surface area contributed by atoms with E-state index < -0.39 is 12.6 Å². The second-order valence-corrected chi connectivity index (χ2v) is 5.01. The number of esters is 1. The lowest BCUT2D eigenvalue weighted by Crippen LogP contribution is -2.05. The fourth-order valence-corrected chi connectivity index (χ4v) is 2.19. The minimum absolute atomic E-state index is 0.0636. The quantitative estimate of drug-likeness (QED) is 0.663. The Labute approximate surface area is 149 Å². The van der Waals surface area contributed by atoms with Crippen molar-refractivity contribution in [3.8, 4) is 23.0 Å². The number of carbonyl (C=O) groups excluding carboxylic acids is 1. The van der Waals surface area contributed by atoms with E-state index in [0.29, 0.717) is 22.6 Å². The Hall–Kier alpha value is -3.03. The van der Waals surface area contributed by atoms with E-state index in [1.165, 1.54) is 39.5 Å². The van der Waals surface area contributed by atoms with Crippen molar-refractivity contribution < 1.29 is 37.3 Å². The highest BCUT2D eigenvalue weighted by Crippen LogP contribution is 2.32. The standard InChI is InChI=1S/C18H18F2O6/c1-22-15-8-11(4-6-14(15)26-18(19)20)10-25-13-7-5-12(17(21)24-3)9-16(13)23-2/h4-9,18H,10H2,1-3H3. The third-order valence-electron chi connectivity index (χ3n) is 3.42. The number of rotatable bonds is 8. The first-order valence-electron chi connectivity index (χ1n) is 7.49. The van der Waals surface area contributed by atoms with Gasteiger partial charge >= 0.3 is 12.6 Å². The van der Waals surface area contributed by atoms with Crippen LogP contribution in [0.25, 0.3) is 0 Å². The van der Waals surface area contributed by atoms with Crippen LogP contribution >= 0.6 is 0 Å². The molecule has 0 saturated carbocycles. The summed E-state index contributed by atoms with van der Waals surface area (Å²) >= 11 is 0. The Bertz CT molecular complexity index is 763. The van der Waals surface area contributed by atoms with Crippen LogP contribution in [-0.4, -0.2) is 33.9 Å². The van der Waals surface area contributed by atoms with Gasteiger partial charge in [-0.2, -0.15) is 8.78 Å². The van der Waals surface area contributed by atoms with Gasteiger partial charge in [-0.25, -0.2) is 4.79 Å². The first kappa shape index (κ1) is 19.3. The van der Waals surface area contributed by atoms with Gasteiger partial charge in [0.1, 0.15) is 6.61 Å². The lowest BCUT2D eigenvalue weighted by atomic mass is 10.2. The fourth-order valence-electron chi connectivity index (χ4n) is 2.19. The Balaban J connectivity index is 2.14. The maximum atomic E-state index is 12.4. The molecule has 0 aliphatic rings. The molecule has 0 N–H and O–H groups in total. The molecule has 0 aliphatic carbocycles. The summed E-state index contributed by atoms with van der Waals surface area (Å²) in [5.74, 6) is 0.379. The molecule has 0 radical (unpaired) electrons. The van der Waals surface area contributed by atoms with Crippen LogP contribution in [0.15, 0.2) is 36.4 Å². The van der Waals surface area contributed by atoms with Crippen molar-refractivity contribution in [3.05, 3.63) is 47.5 Å². The van der Waals surface area contributed by atoms with Crippen molar-refractivity contribution in [1.29, 1.82) is 0 Å². The van der Waals surface area contributed by atoms with E-state index >= 15 is 0 Å². The summed E-state index contributed by atoms with van der Waals surface area (Å²) in [6.07, 6.45) is 0. The Kier molecular flexibility index (Phi) is 6.60. The first-order chi connectivity index (χ1) is 12.5. The van der Waals surface area contributed by atoms with Crippen LogP contribution in [0.3, 0.4) is 0 Å². The van der Waals surface area contributed by atoms with Crippen LogP contribution < -0.4 is 18.9 Å². The predicted molar refractivity (Wildman–Crippen MR) is 88.3 cm³/mol. The summed E-state index contributed by atoms with van der Waals surface area (Å²) in [6.45, 7) is -2.82. The lowest BCUT2D eigenvalue weighted by Gasteiger charge is -2.14. The Morgan fingerprint density at radius 1 is 0.923 bits per heavy atom. The molecule has 0 amide bonds. The van der Waals surface area contributed by atoms with E-state index in [9.17, 15) is 13.6 Å². The Morgan fingerprint density at radius 2 is 1.58 bits per heavy atom. The van der Waals surface area contributed by atoms with E-state index in [4.69, 9.17) is 14.2 Å². The van der Waals surface area contributed by atoms with Gasteiger partial charge in [0.2, 0.25) is 0 Å². The summed E-state index contributed by atoms with van der Waals surface area (Å²) in [7, 11) is 4.09. The molecule has 2 aromatic carbocycles. The van der Waals surface area contributed by atoms with Crippen LogP contribution in [0, 0.1) is 0 Å². The molecule has 0 aromatic heterocycles. The number of hydrogen-bond donors (Lipinski definition) is 0. The molecule has 2 rings (SSSR count). The number of halogens is 2. The summed E-state index contributed by atoms with van der Waals surface area (Å²) in [6, 6.07) is 9.12. The van der Waals surface area contributed by atoms with Gasteiger partial charge in [-0.15, -0.1) is 0 Å². The van der Waals surface area contributed by atoms with Crippen molar-refractivity contribution in [2.24, 2.45) is 0 Å². The van der Waals surface area contributed by atoms with Gasteiger partial charge in [0, 0.05) is 0 Å². The lowest BCUT2D eigenvalue weighted by molar-refractivity contribution is -0.0512. The van der Waals surface area contributed by atoms with Gasteiger partial charge in [-0.1, -0.05) is 6.07 Å². The van der Waals surface area contributed by atoms with Gasteiger partial charge in [-0.05, 0) is 35.9 Å². The summed E-state index contributed by atoms with van der Waals surface area (Å²) < 4.78 is 49.7. The second kappa shape index (κ2) is 8.89. The van der Waals surface area contributed by atoms with Gasteiger partial charge in [0.05, 0.1) is 26.9 Å². The molecule has 140 valence electrons. The zero-order valence-corrected chi connectivity index (χ0v) is 14.5. The highest BCUT2D eigenvalue weighted by Gasteiger charge is 2.13. The predicted octanol–water partition coefficient (Wildman–Crippen LogP) is 3.67.